The van der Waals surface area contributed by atoms with Crippen LogP contribution in [0.25, 0.3) is 0 Å². The number of carbonyl (C=O) groups is 3. The van der Waals surface area contributed by atoms with Crippen LogP contribution in [-0.2, 0) is 9.59 Å². The van der Waals surface area contributed by atoms with Crippen LogP contribution in [0.2, 0.25) is 0 Å². The van der Waals surface area contributed by atoms with E-state index in [0.29, 0.717) is 17.1 Å². The lowest BCUT2D eigenvalue weighted by Crippen LogP contribution is -2.20. The lowest BCUT2D eigenvalue weighted by Gasteiger charge is -2.11. The van der Waals surface area contributed by atoms with E-state index in [1.165, 1.54) is 24.3 Å². The standard InChI is InChI=1S/C19H20N2O5/c1-12(2)18(23)21-15-4-3-5-16(10-15)26-11-17(22)20-14-8-6-13(7-9-14)19(24)25/h3-10,12H,11H2,1-2H3,(H,20,22)(H,21,23)(H,24,25). The van der Waals surface area contributed by atoms with Crippen LogP contribution in [0, 0.1) is 5.92 Å². The zero-order valence-corrected chi connectivity index (χ0v) is 14.5. The molecule has 2 rings (SSSR count). The Labute approximate surface area is 151 Å². The third kappa shape index (κ3) is 5.62. The third-order valence-corrected chi connectivity index (χ3v) is 3.41. The minimum atomic E-state index is -1.03. The van der Waals surface area contributed by atoms with Crippen LogP contribution in [0.1, 0.15) is 24.2 Å². The van der Waals surface area contributed by atoms with Crippen molar-refractivity contribution in [3.63, 3.8) is 0 Å². The summed E-state index contributed by atoms with van der Waals surface area (Å²) in [6, 6.07) is 12.6. The molecule has 0 spiro atoms. The first kappa shape index (κ1) is 19.0. The van der Waals surface area contributed by atoms with Crippen molar-refractivity contribution >= 4 is 29.2 Å². The van der Waals surface area contributed by atoms with Crippen molar-refractivity contribution in [1.29, 1.82) is 0 Å². The van der Waals surface area contributed by atoms with Gasteiger partial charge in [0.1, 0.15) is 5.75 Å². The fraction of sp³-hybridized carbons (Fsp3) is 0.211. The van der Waals surface area contributed by atoms with E-state index in [4.69, 9.17) is 9.84 Å². The van der Waals surface area contributed by atoms with E-state index in [2.05, 4.69) is 10.6 Å². The summed E-state index contributed by atoms with van der Waals surface area (Å²) in [5.74, 6) is -1.22. The predicted molar refractivity (Wildman–Crippen MR) is 97.4 cm³/mol. The molecular formula is C19H20N2O5. The highest BCUT2D eigenvalue weighted by molar-refractivity contribution is 5.93. The van der Waals surface area contributed by atoms with Crippen molar-refractivity contribution in [2.75, 3.05) is 17.2 Å². The molecule has 0 aliphatic heterocycles. The summed E-state index contributed by atoms with van der Waals surface area (Å²) < 4.78 is 5.43. The van der Waals surface area contributed by atoms with Gasteiger partial charge in [-0.15, -0.1) is 0 Å². The van der Waals surface area contributed by atoms with Crippen molar-refractivity contribution in [2.24, 2.45) is 5.92 Å². The maximum atomic E-state index is 11.9. The van der Waals surface area contributed by atoms with Crippen LogP contribution < -0.4 is 15.4 Å². The molecule has 0 fully saturated rings. The Morgan fingerprint density at radius 3 is 2.31 bits per heavy atom. The van der Waals surface area contributed by atoms with Gasteiger partial charge in [0.15, 0.2) is 6.61 Å². The Bertz CT molecular complexity index is 800. The van der Waals surface area contributed by atoms with Crippen LogP contribution in [0.15, 0.2) is 48.5 Å². The van der Waals surface area contributed by atoms with E-state index in [0.717, 1.165) is 0 Å². The van der Waals surface area contributed by atoms with Crippen molar-refractivity contribution < 1.29 is 24.2 Å². The summed E-state index contributed by atoms with van der Waals surface area (Å²) in [4.78, 5) is 34.4. The number of benzene rings is 2. The summed E-state index contributed by atoms with van der Waals surface area (Å²) in [7, 11) is 0. The number of ether oxygens (including phenoxy) is 1. The largest absolute Gasteiger partial charge is 0.484 e. The molecule has 2 aromatic carbocycles. The van der Waals surface area contributed by atoms with E-state index in [9.17, 15) is 14.4 Å². The summed E-state index contributed by atoms with van der Waals surface area (Å²) in [6.07, 6.45) is 0. The zero-order chi connectivity index (χ0) is 19.1. The fourth-order valence-electron chi connectivity index (χ4n) is 1.99. The second kappa shape index (κ2) is 8.66. The van der Waals surface area contributed by atoms with E-state index in [-0.39, 0.29) is 29.9 Å². The van der Waals surface area contributed by atoms with E-state index >= 15 is 0 Å². The molecule has 0 aliphatic rings. The topological polar surface area (TPSA) is 105 Å². The third-order valence-electron chi connectivity index (χ3n) is 3.41. The first-order valence-electron chi connectivity index (χ1n) is 8.02. The van der Waals surface area contributed by atoms with Gasteiger partial charge in [0.05, 0.1) is 5.56 Å². The maximum absolute atomic E-state index is 11.9. The lowest BCUT2D eigenvalue weighted by molar-refractivity contribution is -0.119. The number of rotatable bonds is 7. The number of aromatic carboxylic acids is 1. The average Bonchev–Trinajstić information content (AvgIpc) is 2.60. The highest BCUT2D eigenvalue weighted by Gasteiger charge is 2.09. The van der Waals surface area contributed by atoms with Crippen molar-refractivity contribution in [2.45, 2.75) is 13.8 Å². The molecule has 26 heavy (non-hydrogen) atoms. The van der Waals surface area contributed by atoms with Crippen LogP contribution in [0.3, 0.4) is 0 Å². The first-order chi connectivity index (χ1) is 12.3. The lowest BCUT2D eigenvalue weighted by atomic mass is 10.2. The van der Waals surface area contributed by atoms with Gasteiger partial charge in [-0.25, -0.2) is 4.79 Å². The maximum Gasteiger partial charge on any atom is 0.335 e. The molecule has 7 heteroatoms. The predicted octanol–water partition coefficient (Wildman–Crippen LogP) is 3.00. The fourth-order valence-corrected chi connectivity index (χ4v) is 1.99. The Balaban J connectivity index is 1.88. The van der Waals surface area contributed by atoms with Gasteiger partial charge >= 0.3 is 5.97 Å². The van der Waals surface area contributed by atoms with E-state index < -0.39 is 5.97 Å². The molecule has 0 aliphatic carbocycles. The summed E-state index contributed by atoms with van der Waals surface area (Å²) in [5.41, 5.74) is 1.20. The highest BCUT2D eigenvalue weighted by atomic mass is 16.5. The normalized spacial score (nSPS) is 10.3. The second-order valence-corrected chi connectivity index (χ2v) is 5.89. The van der Waals surface area contributed by atoms with Gasteiger partial charge < -0.3 is 20.5 Å². The number of amides is 2. The Hall–Kier alpha value is -3.35. The van der Waals surface area contributed by atoms with Gasteiger partial charge in [-0.3, -0.25) is 9.59 Å². The number of anilines is 2. The molecule has 2 aromatic rings. The van der Waals surface area contributed by atoms with Crippen molar-refractivity contribution in [3.8, 4) is 5.75 Å². The minimum Gasteiger partial charge on any atom is -0.484 e. The van der Waals surface area contributed by atoms with Gasteiger partial charge in [0.25, 0.3) is 5.91 Å². The molecule has 7 nitrogen and oxygen atoms in total. The van der Waals surface area contributed by atoms with Crippen molar-refractivity contribution in [1.82, 2.24) is 0 Å². The highest BCUT2D eigenvalue weighted by Crippen LogP contribution is 2.18. The van der Waals surface area contributed by atoms with Gasteiger partial charge in [0.2, 0.25) is 5.91 Å². The van der Waals surface area contributed by atoms with Crippen molar-refractivity contribution in [3.05, 3.63) is 54.1 Å². The molecular weight excluding hydrogens is 336 g/mol. The molecule has 2 amide bonds. The van der Waals surface area contributed by atoms with Crippen LogP contribution in [0.4, 0.5) is 11.4 Å². The summed E-state index contributed by atoms with van der Waals surface area (Å²) >= 11 is 0. The smallest absolute Gasteiger partial charge is 0.335 e. The molecule has 0 saturated carbocycles. The molecule has 0 aromatic heterocycles. The Kier molecular flexibility index (Phi) is 6.32. The number of carboxylic acids is 1. The molecule has 3 N–H and O–H groups in total. The number of carbonyl (C=O) groups excluding carboxylic acids is 2. The van der Waals surface area contributed by atoms with Crippen LogP contribution >= 0.6 is 0 Å². The van der Waals surface area contributed by atoms with E-state index in [1.807, 2.05) is 0 Å². The van der Waals surface area contributed by atoms with Crippen LogP contribution in [0.5, 0.6) is 5.75 Å². The van der Waals surface area contributed by atoms with Crippen LogP contribution in [-0.4, -0.2) is 29.5 Å². The summed E-state index contributed by atoms with van der Waals surface area (Å²) in [5, 5.41) is 14.2. The van der Waals surface area contributed by atoms with E-state index in [1.54, 1.807) is 38.1 Å². The molecule has 0 radical (unpaired) electrons. The Morgan fingerprint density at radius 1 is 1.00 bits per heavy atom. The Morgan fingerprint density at radius 2 is 1.69 bits per heavy atom. The molecule has 0 bridgehead atoms. The van der Waals surface area contributed by atoms with Gasteiger partial charge in [0, 0.05) is 23.4 Å². The quantitative estimate of drug-likeness (QED) is 0.707. The number of hydrogen-bond acceptors (Lipinski definition) is 4. The number of nitrogens with one attached hydrogen (secondary N) is 2. The number of hydrogen-bond donors (Lipinski definition) is 3. The molecule has 0 unspecified atom stereocenters. The first-order valence-corrected chi connectivity index (χ1v) is 8.02. The SMILES string of the molecule is CC(C)C(=O)Nc1cccc(OCC(=O)Nc2ccc(C(=O)O)cc2)c1. The number of carboxylic acid groups (broad SMARTS) is 1. The molecule has 0 heterocycles. The summed E-state index contributed by atoms with van der Waals surface area (Å²) in [6.45, 7) is 3.37. The monoisotopic (exact) mass is 356 g/mol. The van der Waals surface area contributed by atoms with Gasteiger partial charge in [-0.05, 0) is 36.4 Å². The minimum absolute atomic E-state index is 0.107. The second-order valence-electron chi connectivity index (χ2n) is 5.89. The molecule has 0 saturated heterocycles. The van der Waals surface area contributed by atoms with Gasteiger partial charge in [-0.2, -0.15) is 0 Å². The zero-order valence-electron chi connectivity index (χ0n) is 14.5. The molecule has 136 valence electrons. The average molecular weight is 356 g/mol. The van der Waals surface area contributed by atoms with Gasteiger partial charge in [-0.1, -0.05) is 19.9 Å². The molecule has 0 atom stereocenters.